The first-order valence-electron chi connectivity index (χ1n) is 4.85. The smallest absolute Gasteiger partial charge is 0.307 e. The molecule has 0 rings (SSSR count). The number of hydrogen-bond acceptors (Lipinski definition) is 5. The Kier molecular flexibility index (Phi) is 6.86. The Morgan fingerprint density at radius 1 is 1.20 bits per heavy atom. The molecule has 0 aromatic heterocycles. The summed E-state index contributed by atoms with van der Waals surface area (Å²) in [7, 11) is 0. The highest BCUT2D eigenvalue weighted by atomic mass is 32.1. The first-order chi connectivity index (χ1) is 7.02. The molecule has 5 heteroatoms. The van der Waals surface area contributed by atoms with Gasteiger partial charge in [-0.15, -0.1) is 0 Å². The van der Waals surface area contributed by atoms with Crippen LogP contribution in [0.25, 0.3) is 0 Å². The average molecular weight is 232 g/mol. The second-order valence-corrected chi connectivity index (χ2v) is 3.33. The third-order valence-electron chi connectivity index (χ3n) is 1.74. The molecule has 0 aromatic carbocycles. The molecule has 0 saturated heterocycles. The van der Waals surface area contributed by atoms with Gasteiger partial charge in [0, 0.05) is 0 Å². The second-order valence-electron chi connectivity index (χ2n) is 2.92. The van der Waals surface area contributed by atoms with E-state index in [1.807, 2.05) is 0 Å². The normalized spacial score (nSPS) is 11.7. The maximum Gasteiger partial charge on any atom is 0.307 e. The zero-order valence-electron chi connectivity index (χ0n) is 9.24. The lowest BCUT2D eigenvalue weighted by atomic mass is 10.0. The summed E-state index contributed by atoms with van der Waals surface area (Å²) in [4.78, 5) is 22.4. The van der Waals surface area contributed by atoms with Crippen molar-refractivity contribution in [2.45, 2.75) is 27.2 Å². The fraction of sp³-hybridized carbons (Fsp3) is 0.700. The van der Waals surface area contributed by atoms with Gasteiger partial charge in [-0.2, -0.15) is 0 Å². The monoisotopic (exact) mass is 232 g/mol. The first-order valence-corrected chi connectivity index (χ1v) is 5.26. The summed E-state index contributed by atoms with van der Waals surface area (Å²) in [6.45, 7) is 5.56. The molecule has 1 atom stereocenters. The lowest BCUT2D eigenvalue weighted by Crippen LogP contribution is -2.26. The van der Waals surface area contributed by atoms with Crippen LogP contribution in [0.5, 0.6) is 0 Å². The van der Waals surface area contributed by atoms with Gasteiger partial charge in [-0.05, 0) is 33.0 Å². The summed E-state index contributed by atoms with van der Waals surface area (Å²) in [6.07, 6.45) is -0.0397. The van der Waals surface area contributed by atoms with E-state index in [0.29, 0.717) is 13.2 Å². The van der Waals surface area contributed by atoms with Crippen LogP contribution in [-0.4, -0.2) is 30.0 Å². The van der Waals surface area contributed by atoms with E-state index in [0.717, 1.165) is 0 Å². The molecule has 0 spiro atoms. The number of hydrogen-bond donors (Lipinski definition) is 0. The molecule has 1 unspecified atom stereocenters. The van der Waals surface area contributed by atoms with Crippen LogP contribution in [0.3, 0.4) is 0 Å². The van der Waals surface area contributed by atoms with Gasteiger partial charge in [0.05, 0.1) is 25.6 Å². The van der Waals surface area contributed by atoms with Gasteiger partial charge < -0.3 is 9.47 Å². The molecule has 0 amide bonds. The summed E-state index contributed by atoms with van der Waals surface area (Å²) in [5, 5.41) is 0.165. The van der Waals surface area contributed by atoms with Crippen molar-refractivity contribution in [2.24, 2.45) is 5.92 Å². The van der Waals surface area contributed by atoms with E-state index in [4.69, 9.17) is 21.7 Å². The number of rotatable bonds is 6. The molecular weight excluding hydrogens is 216 g/mol. The Labute approximate surface area is 94.9 Å². The second kappa shape index (κ2) is 7.34. The van der Waals surface area contributed by atoms with E-state index in [2.05, 4.69) is 0 Å². The molecule has 0 aliphatic rings. The minimum atomic E-state index is -0.668. The summed E-state index contributed by atoms with van der Waals surface area (Å²) < 4.78 is 9.79. The topological polar surface area (TPSA) is 52.6 Å². The van der Waals surface area contributed by atoms with Crippen molar-refractivity contribution in [3.63, 3.8) is 0 Å². The van der Waals surface area contributed by atoms with Crippen LogP contribution in [-0.2, 0) is 19.1 Å². The maximum atomic E-state index is 11.2. The number of carbonyl (C=O) groups is 2. The zero-order chi connectivity index (χ0) is 11.8. The Morgan fingerprint density at radius 3 is 2.13 bits per heavy atom. The highest BCUT2D eigenvalue weighted by Gasteiger charge is 2.24. The molecule has 15 heavy (non-hydrogen) atoms. The minimum absolute atomic E-state index is 0.0397. The Morgan fingerprint density at radius 2 is 1.73 bits per heavy atom. The summed E-state index contributed by atoms with van der Waals surface area (Å²) in [5.74, 6) is -1.28. The summed E-state index contributed by atoms with van der Waals surface area (Å²) >= 11 is 4.90. The third kappa shape index (κ3) is 5.47. The fourth-order valence-electron chi connectivity index (χ4n) is 1.02. The Balaban J connectivity index is 4.34. The van der Waals surface area contributed by atoms with Gasteiger partial charge >= 0.3 is 5.97 Å². The van der Waals surface area contributed by atoms with E-state index < -0.39 is 11.9 Å². The lowest BCUT2D eigenvalue weighted by Gasteiger charge is -2.14. The largest absolute Gasteiger partial charge is 0.487 e. The van der Waals surface area contributed by atoms with E-state index in [1.165, 1.54) is 6.92 Å². The van der Waals surface area contributed by atoms with E-state index >= 15 is 0 Å². The van der Waals surface area contributed by atoms with Crippen molar-refractivity contribution in [3.05, 3.63) is 0 Å². The quantitative estimate of drug-likeness (QED) is 0.513. The van der Waals surface area contributed by atoms with Gasteiger partial charge in [0.25, 0.3) is 0 Å². The van der Waals surface area contributed by atoms with Gasteiger partial charge in [-0.3, -0.25) is 9.59 Å². The van der Waals surface area contributed by atoms with Crippen LogP contribution < -0.4 is 0 Å². The molecule has 0 bridgehead atoms. The van der Waals surface area contributed by atoms with E-state index in [9.17, 15) is 9.59 Å². The Hall–Kier alpha value is -0.970. The van der Waals surface area contributed by atoms with Gasteiger partial charge in [-0.25, -0.2) is 0 Å². The van der Waals surface area contributed by atoms with Crippen molar-refractivity contribution in [1.82, 2.24) is 0 Å². The molecule has 0 aliphatic heterocycles. The number of ketones is 1. The molecule has 0 aromatic rings. The SMILES string of the molecule is CCOC(=O)CC(C(C)=O)C(=S)OCC. The fourth-order valence-corrected chi connectivity index (χ4v) is 1.39. The van der Waals surface area contributed by atoms with Gasteiger partial charge in [-0.1, -0.05) is 0 Å². The van der Waals surface area contributed by atoms with Crippen LogP contribution in [0.15, 0.2) is 0 Å². The van der Waals surface area contributed by atoms with Crippen LogP contribution in [0.4, 0.5) is 0 Å². The minimum Gasteiger partial charge on any atom is -0.487 e. The third-order valence-corrected chi connectivity index (χ3v) is 2.14. The molecule has 0 aliphatic carbocycles. The maximum absolute atomic E-state index is 11.2. The van der Waals surface area contributed by atoms with Crippen LogP contribution >= 0.6 is 12.2 Å². The van der Waals surface area contributed by atoms with Gasteiger partial charge in [0.1, 0.15) is 5.78 Å². The molecular formula is C10H16O4S. The first kappa shape index (κ1) is 14.0. The number of esters is 1. The summed E-state index contributed by atoms with van der Waals surface area (Å²) in [5.41, 5.74) is 0. The summed E-state index contributed by atoms with van der Waals surface area (Å²) in [6, 6.07) is 0. The number of thiocarbonyl (C=S) groups is 1. The van der Waals surface area contributed by atoms with E-state index in [1.54, 1.807) is 13.8 Å². The van der Waals surface area contributed by atoms with Crippen molar-refractivity contribution < 1.29 is 19.1 Å². The number of Topliss-reactive ketones (excluding diaryl/α,β-unsaturated/α-hetero) is 1. The zero-order valence-corrected chi connectivity index (χ0v) is 10.1. The van der Waals surface area contributed by atoms with Crippen molar-refractivity contribution in [1.29, 1.82) is 0 Å². The van der Waals surface area contributed by atoms with E-state index in [-0.39, 0.29) is 17.3 Å². The molecule has 0 N–H and O–H groups in total. The van der Waals surface area contributed by atoms with Crippen LogP contribution in [0, 0.1) is 5.92 Å². The number of carbonyl (C=O) groups excluding carboxylic acids is 2. The van der Waals surface area contributed by atoms with Gasteiger partial charge in [0.15, 0.2) is 5.05 Å². The average Bonchev–Trinajstić information content (AvgIpc) is 2.14. The van der Waals surface area contributed by atoms with Crippen molar-refractivity contribution in [2.75, 3.05) is 13.2 Å². The molecule has 86 valence electrons. The molecule has 0 fully saturated rings. The van der Waals surface area contributed by atoms with Crippen LogP contribution in [0.1, 0.15) is 27.2 Å². The van der Waals surface area contributed by atoms with Crippen LogP contribution in [0.2, 0.25) is 0 Å². The number of ether oxygens (including phenoxy) is 2. The molecule has 0 radical (unpaired) electrons. The predicted octanol–water partition coefficient (Wildman–Crippen LogP) is 1.51. The van der Waals surface area contributed by atoms with Crippen molar-refractivity contribution in [3.8, 4) is 0 Å². The highest BCUT2D eigenvalue weighted by molar-refractivity contribution is 7.80. The van der Waals surface area contributed by atoms with Gasteiger partial charge in [0.2, 0.25) is 0 Å². The lowest BCUT2D eigenvalue weighted by molar-refractivity contribution is -0.145. The van der Waals surface area contributed by atoms with Crippen molar-refractivity contribution >= 4 is 29.0 Å². The molecule has 4 nitrogen and oxygen atoms in total. The predicted molar refractivity (Wildman–Crippen MR) is 59.6 cm³/mol. The molecule has 0 saturated carbocycles. The standard InChI is InChI=1S/C10H16O4S/c1-4-13-9(12)6-8(7(3)11)10(15)14-5-2/h8H,4-6H2,1-3H3. The molecule has 0 heterocycles. The Bertz CT molecular complexity index is 250. The highest BCUT2D eigenvalue weighted by Crippen LogP contribution is 2.10.